The van der Waals surface area contributed by atoms with Gasteiger partial charge < -0.3 is 5.32 Å². The second-order valence-corrected chi connectivity index (χ2v) is 5.34. The molecule has 0 saturated heterocycles. The molecular weight excluding hydrogens is 218 g/mol. The van der Waals surface area contributed by atoms with Gasteiger partial charge in [0.2, 0.25) is 0 Å². The standard InChI is InChI=1S/C12H17N3S/c1-10-8-12(11(2)16-10)9-13-5-7-15-6-3-4-14-15/h3-4,6,8,13H,5,7,9H2,1-2H3. The average Bonchev–Trinajstić information content (AvgIpc) is 2.84. The van der Waals surface area contributed by atoms with E-state index in [1.165, 1.54) is 15.3 Å². The van der Waals surface area contributed by atoms with Crippen LogP contribution in [0.4, 0.5) is 0 Å². The summed E-state index contributed by atoms with van der Waals surface area (Å²) in [7, 11) is 0. The van der Waals surface area contributed by atoms with Gasteiger partial charge in [0.25, 0.3) is 0 Å². The van der Waals surface area contributed by atoms with Crippen LogP contribution in [0.2, 0.25) is 0 Å². The molecule has 2 aromatic heterocycles. The molecule has 16 heavy (non-hydrogen) atoms. The SMILES string of the molecule is Cc1cc(CNCCn2cccn2)c(C)s1. The zero-order valence-electron chi connectivity index (χ0n) is 9.73. The average molecular weight is 235 g/mol. The van der Waals surface area contributed by atoms with Crippen molar-refractivity contribution >= 4 is 11.3 Å². The van der Waals surface area contributed by atoms with Gasteiger partial charge in [0.05, 0.1) is 6.54 Å². The van der Waals surface area contributed by atoms with Crippen molar-refractivity contribution < 1.29 is 0 Å². The van der Waals surface area contributed by atoms with Crippen LogP contribution in [0.3, 0.4) is 0 Å². The fourth-order valence-electron chi connectivity index (χ4n) is 1.71. The van der Waals surface area contributed by atoms with E-state index < -0.39 is 0 Å². The van der Waals surface area contributed by atoms with E-state index in [1.54, 1.807) is 0 Å². The predicted octanol–water partition coefficient (Wildman–Crippen LogP) is 2.35. The summed E-state index contributed by atoms with van der Waals surface area (Å²) in [6.07, 6.45) is 3.80. The van der Waals surface area contributed by atoms with Gasteiger partial charge in [0, 0.05) is 35.2 Å². The highest BCUT2D eigenvalue weighted by Crippen LogP contribution is 2.19. The maximum absolute atomic E-state index is 4.16. The third-order valence-corrected chi connectivity index (χ3v) is 3.54. The predicted molar refractivity (Wildman–Crippen MR) is 67.7 cm³/mol. The number of nitrogens with one attached hydrogen (secondary N) is 1. The molecule has 4 heteroatoms. The van der Waals surface area contributed by atoms with Gasteiger partial charge in [-0.15, -0.1) is 11.3 Å². The molecule has 0 aromatic carbocycles. The molecule has 0 saturated carbocycles. The van der Waals surface area contributed by atoms with Crippen LogP contribution in [0.15, 0.2) is 24.5 Å². The van der Waals surface area contributed by atoms with Crippen LogP contribution in [0.5, 0.6) is 0 Å². The van der Waals surface area contributed by atoms with Gasteiger partial charge in [-0.25, -0.2) is 0 Å². The van der Waals surface area contributed by atoms with E-state index in [2.05, 4.69) is 30.3 Å². The molecule has 0 amide bonds. The molecule has 0 bridgehead atoms. The Morgan fingerprint density at radius 3 is 2.94 bits per heavy atom. The van der Waals surface area contributed by atoms with Crippen LogP contribution in [0.1, 0.15) is 15.3 Å². The minimum Gasteiger partial charge on any atom is -0.311 e. The normalized spacial score (nSPS) is 10.9. The molecule has 2 heterocycles. The van der Waals surface area contributed by atoms with E-state index in [9.17, 15) is 0 Å². The lowest BCUT2D eigenvalue weighted by Gasteiger charge is -2.04. The van der Waals surface area contributed by atoms with Crippen molar-refractivity contribution in [1.29, 1.82) is 0 Å². The Kier molecular flexibility index (Phi) is 3.74. The zero-order valence-corrected chi connectivity index (χ0v) is 10.5. The minimum absolute atomic E-state index is 0.926. The molecule has 0 fully saturated rings. The Morgan fingerprint density at radius 2 is 2.31 bits per heavy atom. The van der Waals surface area contributed by atoms with Gasteiger partial charge in [0.1, 0.15) is 0 Å². The first-order chi connectivity index (χ1) is 7.75. The number of hydrogen-bond acceptors (Lipinski definition) is 3. The second-order valence-electron chi connectivity index (χ2n) is 3.88. The zero-order chi connectivity index (χ0) is 11.4. The van der Waals surface area contributed by atoms with Crippen LogP contribution in [-0.2, 0) is 13.1 Å². The molecular formula is C12H17N3S. The monoisotopic (exact) mass is 235 g/mol. The molecule has 2 rings (SSSR count). The fourth-order valence-corrected chi connectivity index (χ4v) is 2.65. The molecule has 0 unspecified atom stereocenters. The van der Waals surface area contributed by atoms with Gasteiger partial charge >= 0.3 is 0 Å². The lowest BCUT2D eigenvalue weighted by atomic mass is 10.2. The first kappa shape index (κ1) is 11.4. The smallest absolute Gasteiger partial charge is 0.0534 e. The van der Waals surface area contributed by atoms with Crippen LogP contribution >= 0.6 is 11.3 Å². The number of nitrogens with zero attached hydrogens (tertiary/aromatic N) is 2. The highest BCUT2D eigenvalue weighted by Gasteiger charge is 2.01. The summed E-state index contributed by atoms with van der Waals surface area (Å²) in [5.74, 6) is 0. The van der Waals surface area contributed by atoms with Crippen molar-refractivity contribution in [2.45, 2.75) is 26.9 Å². The molecule has 3 nitrogen and oxygen atoms in total. The van der Waals surface area contributed by atoms with E-state index in [0.717, 1.165) is 19.6 Å². The van der Waals surface area contributed by atoms with Crippen LogP contribution in [0, 0.1) is 13.8 Å². The van der Waals surface area contributed by atoms with Crippen molar-refractivity contribution in [3.05, 3.63) is 39.8 Å². The Hall–Kier alpha value is -1.13. The Bertz CT molecular complexity index is 431. The van der Waals surface area contributed by atoms with E-state index >= 15 is 0 Å². The Morgan fingerprint density at radius 1 is 1.44 bits per heavy atom. The summed E-state index contributed by atoms with van der Waals surface area (Å²) in [5.41, 5.74) is 1.42. The van der Waals surface area contributed by atoms with E-state index in [0.29, 0.717) is 0 Å². The van der Waals surface area contributed by atoms with Gasteiger partial charge in [0.15, 0.2) is 0 Å². The maximum atomic E-state index is 4.16. The first-order valence-corrected chi connectivity index (χ1v) is 6.31. The molecule has 0 atom stereocenters. The summed E-state index contributed by atoms with van der Waals surface area (Å²) >= 11 is 1.87. The van der Waals surface area contributed by atoms with Crippen molar-refractivity contribution in [2.75, 3.05) is 6.54 Å². The highest BCUT2D eigenvalue weighted by molar-refractivity contribution is 7.12. The van der Waals surface area contributed by atoms with Crippen molar-refractivity contribution in [3.63, 3.8) is 0 Å². The van der Waals surface area contributed by atoms with Crippen LogP contribution in [-0.4, -0.2) is 16.3 Å². The lowest BCUT2D eigenvalue weighted by molar-refractivity contribution is 0.554. The molecule has 1 N–H and O–H groups in total. The summed E-state index contributed by atoms with van der Waals surface area (Å²) < 4.78 is 1.94. The molecule has 0 aliphatic heterocycles. The number of aromatic nitrogens is 2. The van der Waals surface area contributed by atoms with Crippen molar-refractivity contribution in [1.82, 2.24) is 15.1 Å². The van der Waals surface area contributed by atoms with Gasteiger partial charge in [-0.05, 0) is 31.5 Å². The van der Waals surface area contributed by atoms with Gasteiger partial charge in [-0.2, -0.15) is 5.10 Å². The van der Waals surface area contributed by atoms with E-state index in [1.807, 2.05) is 34.5 Å². The Balaban J connectivity index is 1.74. The summed E-state index contributed by atoms with van der Waals surface area (Å²) in [6, 6.07) is 4.22. The van der Waals surface area contributed by atoms with Gasteiger partial charge in [-0.3, -0.25) is 4.68 Å². The van der Waals surface area contributed by atoms with E-state index in [-0.39, 0.29) is 0 Å². The highest BCUT2D eigenvalue weighted by atomic mass is 32.1. The largest absolute Gasteiger partial charge is 0.311 e. The van der Waals surface area contributed by atoms with Crippen molar-refractivity contribution in [3.8, 4) is 0 Å². The summed E-state index contributed by atoms with van der Waals surface area (Å²) in [6.45, 7) is 7.18. The molecule has 0 spiro atoms. The number of rotatable bonds is 5. The second kappa shape index (κ2) is 5.27. The summed E-state index contributed by atoms with van der Waals surface area (Å²) in [5, 5.41) is 7.60. The van der Waals surface area contributed by atoms with E-state index in [4.69, 9.17) is 0 Å². The fraction of sp³-hybridized carbons (Fsp3) is 0.417. The number of hydrogen-bond donors (Lipinski definition) is 1. The molecule has 0 aliphatic carbocycles. The Labute approximate surface area is 100 Å². The summed E-state index contributed by atoms with van der Waals surface area (Å²) in [4.78, 5) is 2.81. The third kappa shape index (κ3) is 2.93. The lowest BCUT2D eigenvalue weighted by Crippen LogP contribution is -2.19. The van der Waals surface area contributed by atoms with Crippen LogP contribution in [0.25, 0.3) is 0 Å². The third-order valence-electron chi connectivity index (χ3n) is 2.54. The van der Waals surface area contributed by atoms with Crippen molar-refractivity contribution in [2.24, 2.45) is 0 Å². The van der Waals surface area contributed by atoms with Gasteiger partial charge in [-0.1, -0.05) is 0 Å². The molecule has 0 radical (unpaired) electrons. The molecule has 86 valence electrons. The quantitative estimate of drug-likeness (QED) is 0.806. The number of thiophene rings is 1. The molecule has 2 aromatic rings. The minimum atomic E-state index is 0.926. The topological polar surface area (TPSA) is 29.9 Å². The molecule has 0 aliphatic rings. The number of aryl methyl sites for hydroxylation is 2. The van der Waals surface area contributed by atoms with Crippen LogP contribution < -0.4 is 5.32 Å². The first-order valence-electron chi connectivity index (χ1n) is 5.50. The maximum Gasteiger partial charge on any atom is 0.0534 e.